The quantitative estimate of drug-likeness (QED) is 0.826. The smallest absolute Gasteiger partial charge is 0.248 e. The second kappa shape index (κ2) is 5.76. The number of carbonyl (C=O) groups is 1. The maximum absolute atomic E-state index is 11.0. The summed E-state index contributed by atoms with van der Waals surface area (Å²) >= 11 is 0. The number of primary amides is 1. The zero-order valence-corrected chi connectivity index (χ0v) is 12.1. The van der Waals surface area contributed by atoms with Crippen LogP contribution in [0.25, 0.3) is 0 Å². The largest absolute Gasteiger partial charge is 0.493 e. The van der Waals surface area contributed by atoms with Gasteiger partial charge in [-0.05, 0) is 43.5 Å². The zero-order valence-electron chi connectivity index (χ0n) is 12.1. The van der Waals surface area contributed by atoms with E-state index in [0.29, 0.717) is 36.1 Å². The van der Waals surface area contributed by atoms with Crippen LogP contribution in [0, 0.1) is 0 Å². The van der Waals surface area contributed by atoms with Crippen LogP contribution >= 0.6 is 0 Å². The Morgan fingerprint density at radius 2 is 2.05 bits per heavy atom. The molecular weight excluding hydrogens is 284 g/mol. The third-order valence-electron chi connectivity index (χ3n) is 3.88. The van der Waals surface area contributed by atoms with E-state index >= 15 is 0 Å². The molecule has 0 atom stereocenters. The summed E-state index contributed by atoms with van der Waals surface area (Å²) in [5.41, 5.74) is 11.4. The van der Waals surface area contributed by atoms with E-state index in [1.54, 1.807) is 24.3 Å². The summed E-state index contributed by atoms with van der Waals surface area (Å²) in [4.78, 5) is 15.3. The van der Waals surface area contributed by atoms with Crippen molar-refractivity contribution in [3.63, 3.8) is 0 Å². The molecule has 1 fully saturated rings. The molecule has 1 aromatic heterocycles. The molecule has 0 bridgehead atoms. The SMILES string of the molecule is NC(=O)c1ccc(OCCc2nc(C3(N)CCC3)no2)cc1. The van der Waals surface area contributed by atoms with Crippen LogP contribution in [0.5, 0.6) is 5.75 Å². The van der Waals surface area contributed by atoms with Crippen LogP contribution in [-0.4, -0.2) is 22.7 Å². The minimum Gasteiger partial charge on any atom is -0.493 e. The molecule has 0 saturated heterocycles. The summed E-state index contributed by atoms with van der Waals surface area (Å²) < 4.78 is 10.8. The molecule has 0 radical (unpaired) electrons. The highest BCUT2D eigenvalue weighted by atomic mass is 16.5. The topological polar surface area (TPSA) is 117 Å². The first-order valence-corrected chi connectivity index (χ1v) is 7.21. The highest BCUT2D eigenvalue weighted by Gasteiger charge is 2.38. The van der Waals surface area contributed by atoms with E-state index < -0.39 is 11.4 Å². The van der Waals surface area contributed by atoms with Gasteiger partial charge in [0.2, 0.25) is 11.8 Å². The lowest BCUT2D eigenvalue weighted by Crippen LogP contribution is -2.44. The van der Waals surface area contributed by atoms with E-state index in [1.807, 2.05) is 0 Å². The Kier molecular flexibility index (Phi) is 3.81. The highest BCUT2D eigenvalue weighted by molar-refractivity contribution is 5.92. The number of nitrogens with zero attached hydrogens (tertiary/aromatic N) is 2. The molecule has 3 rings (SSSR count). The van der Waals surface area contributed by atoms with Gasteiger partial charge in [-0.25, -0.2) is 0 Å². The Labute approximate surface area is 127 Å². The Bertz CT molecular complexity index is 662. The molecule has 0 spiro atoms. The first-order valence-electron chi connectivity index (χ1n) is 7.21. The van der Waals surface area contributed by atoms with Crippen LogP contribution < -0.4 is 16.2 Å². The van der Waals surface area contributed by atoms with Gasteiger partial charge in [0.05, 0.1) is 18.6 Å². The number of hydrogen-bond donors (Lipinski definition) is 2. The van der Waals surface area contributed by atoms with Gasteiger partial charge in [0, 0.05) is 5.56 Å². The van der Waals surface area contributed by atoms with Gasteiger partial charge in [0.25, 0.3) is 0 Å². The average molecular weight is 302 g/mol. The first kappa shape index (κ1) is 14.5. The Hall–Kier alpha value is -2.41. The summed E-state index contributed by atoms with van der Waals surface area (Å²) in [7, 11) is 0. The van der Waals surface area contributed by atoms with E-state index in [4.69, 9.17) is 20.7 Å². The summed E-state index contributed by atoms with van der Waals surface area (Å²) in [6.07, 6.45) is 3.40. The normalized spacial score (nSPS) is 16.0. The number of aromatic nitrogens is 2. The summed E-state index contributed by atoms with van der Waals surface area (Å²) in [6, 6.07) is 6.64. The third-order valence-corrected chi connectivity index (χ3v) is 3.88. The number of nitrogens with two attached hydrogens (primary N) is 2. The second-order valence-electron chi connectivity index (χ2n) is 5.51. The monoisotopic (exact) mass is 302 g/mol. The molecular formula is C15H18N4O3. The number of carbonyl (C=O) groups excluding carboxylic acids is 1. The molecule has 0 aliphatic heterocycles. The third kappa shape index (κ3) is 2.94. The molecule has 0 unspecified atom stereocenters. The van der Waals surface area contributed by atoms with Gasteiger partial charge in [-0.1, -0.05) is 5.16 Å². The van der Waals surface area contributed by atoms with Crippen molar-refractivity contribution in [2.75, 3.05) is 6.61 Å². The standard InChI is InChI=1S/C15H18N4O3/c16-13(20)10-2-4-11(5-3-10)21-9-6-12-18-14(19-22-12)15(17)7-1-8-15/h2-5H,1,6-9,17H2,(H2,16,20). The van der Waals surface area contributed by atoms with Gasteiger partial charge in [0.15, 0.2) is 5.82 Å². The van der Waals surface area contributed by atoms with Gasteiger partial charge in [-0.15, -0.1) is 0 Å². The molecule has 7 nitrogen and oxygen atoms in total. The molecule has 4 N–H and O–H groups in total. The fourth-order valence-electron chi connectivity index (χ4n) is 2.31. The van der Waals surface area contributed by atoms with E-state index in [2.05, 4.69) is 10.1 Å². The van der Waals surface area contributed by atoms with Crippen molar-refractivity contribution in [3.05, 3.63) is 41.5 Å². The number of ether oxygens (including phenoxy) is 1. The molecule has 1 aromatic carbocycles. The Morgan fingerprint density at radius 1 is 1.32 bits per heavy atom. The number of rotatable bonds is 6. The van der Waals surface area contributed by atoms with Crippen molar-refractivity contribution in [1.29, 1.82) is 0 Å². The maximum Gasteiger partial charge on any atom is 0.248 e. The van der Waals surface area contributed by atoms with Crippen LogP contribution in [-0.2, 0) is 12.0 Å². The molecule has 1 saturated carbocycles. The molecule has 1 aliphatic rings. The van der Waals surface area contributed by atoms with Crippen molar-refractivity contribution in [2.24, 2.45) is 11.5 Å². The first-order chi connectivity index (χ1) is 10.6. The molecule has 116 valence electrons. The van der Waals surface area contributed by atoms with Crippen LogP contribution in [0.3, 0.4) is 0 Å². The van der Waals surface area contributed by atoms with E-state index in [1.165, 1.54) is 0 Å². The van der Waals surface area contributed by atoms with Crippen molar-refractivity contribution in [1.82, 2.24) is 10.1 Å². The Balaban J connectivity index is 1.51. The Morgan fingerprint density at radius 3 is 2.64 bits per heavy atom. The predicted molar refractivity (Wildman–Crippen MR) is 78.2 cm³/mol. The molecule has 22 heavy (non-hydrogen) atoms. The molecule has 2 aromatic rings. The van der Waals surface area contributed by atoms with Crippen molar-refractivity contribution >= 4 is 5.91 Å². The van der Waals surface area contributed by atoms with Gasteiger partial charge < -0.3 is 20.7 Å². The summed E-state index contributed by atoms with van der Waals surface area (Å²) in [6.45, 7) is 0.398. The molecule has 1 amide bonds. The average Bonchev–Trinajstić information content (AvgIpc) is 2.94. The predicted octanol–water partition coefficient (Wildman–Crippen LogP) is 1.13. The maximum atomic E-state index is 11.0. The molecule has 1 aliphatic carbocycles. The number of amides is 1. The van der Waals surface area contributed by atoms with Gasteiger partial charge in [-0.2, -0.15) is 4.98 Å². The highest BCUT2D eigenvalue weighted by Crippen LogP contribution is 2.36. The van der Waals surface area contributed by atoms with Crippen LogP contribution in [0.1, 0.15) is 41.3 Å². The summed E-state index contributed by atoms with van der Waals surface area (Å²) in [5, 5.41) is 3.95. The number of benzene rings is 1. The van der Waals surface area contributed by atoms with Gasteiger partial charge in [-0.3, -0.25) is 4.79 Å². The molecule has 1 heterocycles. The van der Waals surface area contributed by atoms with Gasteiger partial charge in [0.1, 0.15) is 5.75 Å². The van der Waals surface area contributed by atoms with Crippen molar-refractivity contribution in [2.45, 2.75) is 31.2 Å². The van der Waals surface area contributed by atoms with Crippen molar-refractivity contribution < 1.29 is 14.1 Å². The lowest BCUT2D eigenvalue weighted by Gasteiger charge is -2.34. The van der Waals surface area contributed by atoms with E-state index in [-0.39, 0.29) is 0 Å². The fraction of sp³-hybridized carbons (Fsp3) is 0.400. The molecule has 7 heteroatoms. The lowest BCUT2D eigenvalue weighted by atomic mass is 9.77. The van der Waals surface area contributed by atoms with Crippen LogP contribution in [0.4, 0.5) is 0 Å². The number of hydrogen-bond acceptors (Lipinski definition) is 6. The zero-order chi connectivity index (χ0) is 15.6. The van der Waals surface area contributed by atoms with Gasteiger partial charge >= 0.3 is 0 Å². The van der Waals surface area contributed by atoms with E-state index in [0.717, 1.165) is 19.3 Å². The van der Waals surface area contributed by atoms with E-state index in [9.17, 15) is 4.79 Å². The minimum absolute atomic E-state index is 0.398. The summed E-state index contributed by atoms with van der Waals surface area (Å²) in [5.74, 6) is 1.29. The second-order valence-corrected chi connectivity index (χ2v) is 5.51. The lowest BCUT2D eigenvalue weighted by molar-refractivity contribution is 0.100. The van der Waals surface area contributed by atoms with Crippen LogP contribution in [0.2, 0.25) is 0 Å². The van der Waals surface area contributed by atoms with Crippen molar-refractivity contribution in [3.8, 4) is 5.75 Å². The minimum atomic E-state index is -0.461. The fourth-order valence-corrected chi connectivity index (χ4v) is 2.31. The van der Waals surface area contributed by atoms with Crippen LogP contribution in [0.15, 0.2) is 28.8 Å².